The van der Waals surface area contributed by atoms with Crippen LogP contribution in [0.1, 0.15) is 5.56 Å². The number of nitrogens with one attached hydrogen (secondary N) is 1. The first-order valence-electron chi connectivity index (χ1n) is 6.09. The van der Waals surface area contributed by atoms with E-state index < -0.39 is 0 Å². The van der Waals surface area contributed by atoms with Crippen LogP contribution in [-0.2, 0) is 4.79 Å². The number of thioether (sulfide) groups is 1. The van der Waals surface area contributed by atoms with Gasteiger partial charge >= 0.3 is 0 Å². The molecule has 3 N–H and O–H groups in total. The van der Waals surface area contributed by atoms with E-state index >= 15 is 0 Å². The van der Waals surface area contributed by atoms with Gasteiger partial charge in [-0.15, -0.1) is 11.8 Å². The number of anilines is 2. The van der Waals surface area contributed by atoms with E-state index in [2.05, 4.69) is 5.32 Å². The Hall–Kier alpha value is -2.01. The number of nitrogens with two attached hydrogens (primary N) is 1. The van der Waals surface area contributed by atoms with Crippen molar-refractivity contribution in [2.24, 2.45) is 0 Å². The minimum atomic E-state index is -0.331. The van der Waals surface area contributed by atoms with Crippen LogP contribution in [0.2, 0.25) is 0 Å². The molecule has 0 bridgehead atoms. The van der Waals surface area contributed by atoms with Crippen LogP contribution in [0.5, 0.6) is 0 Å². The van der Waals surface area contributed by atoms with Crippen molar-refractivity contribution in [2.45, 2.75) is 11.8 Å². The normalized spacial score (nSPS) is 10.3. The number of benzene rings is 2. The highest BCUT2D eigenvalue weighted by Crippen LogP contribution is 2.24. The zero-order chi connectivity index (χ0) is 14.5. The number of carbonyl (C=O) groups is 1. The van der Waals surface area contributed by atoms with Gasteiger partial charge in [-0.25, -0.2) is 4.39 Å². The van der Waals surface area contributed by atoms with E-state index in [-0.39, 0.29) is 17.5 Å². The van der Waals surface area contributed by atoms with Crippen LogP contribution in [0.25, 0.3) is 0 Å². The van der Waals surface area contributed by atoms with E-state index in [9.17, 15) is 9.18 Å². The van der Waals surface area contributed by atoms with Gasteiger partial charge in [0.25, 0.3) is 0 Å². The molecule has 0 aromatic heterocycles. The molecule has 2 aromatic rings. The summed E-state index contributed by atoms with van der Waals surface area (Å²) in [6, 6.07) is 12.0. The van der Waals surface area contributed by atoms with Gasteiger partial charge in [-0.05, 0) is 36.8 Å². The largest absolute Gasteiger partial charge is 0.398 e. The van der Waals surface area contributed by atoms with Gasteiger partial charge in [-0.2, -0.15) is 0 Å². The molecule has 20 heavy (non-hydrogen) atoms. The van der Waals surface area contributed by atoms with E-state index in [1.54, 1.807) is 25.1 Å². The van der Waals surface area contributed by atoms with Crippen LogP contribution in [0.3, 0.4) is 0 Å². The Morgan fingerprint density at radius 1 is 1.30 bits per heavy atom. The molecule has 0 saturated carbocycles. The van der Waals surface area contributed by atoms with Crippen LogP contribution < -0.4 is 11.1 Å². The second-order valence-corrected chi connectivity index (χ2v) is 5.36. The topological polar surface area (TPSA) is 55.1 Å². The molecule has 0 aliphatic carbocycles. The van der Waals surface area contributed by atoms with Crippen molar-refractivity contribution in [3.63, 3.8) is 0 Å². The van der Waals surface area contributed by atoms with Crippen LogP contribution in [0.4, 0.5) is 15.8 Å². The molecule has 2 rings (SSSR count). The SMILES string of the molecule is Cc1ccc(NC(=O)CSc2ccccc2N)cc1F. The molecule has 0 aliphatic heterocycles. The molecule has 0 heterocycles. The number of para-hydroxylation sites is 1. The molecular weight excluding hydrogens is 275 g/mol. The number of halogens is 1. The Morgan fingerprint density at radius 2 is 2.05 bits per heavy atom. The second-order valence-electron chi connectivity index (χ2n) is 4.34. The predicted molar refractivity (Wildman–Crippen MR) is 81.3 cm³/mol. The Labute approximate surface area is 121 Å². The van der Waals surface area contributed by atoms with E-state index in [0.717, 1.165) is 4.90 Å². The lowest BCUT2D eigenvalue weighted by Gasteiger charge is -2.07. The molecule has 0 atom stereocenters. The van der Waals surface area contributed by atoms with E-state index in [4.69, 9.17) is 5.73 Å². The number of amides is 1. The summed E-state index contributed by atoms with van der Waals surface area (Å²) >= 11 is 1.35. The number of hydrogen-bond acceptors (Lipinski definition) is 3. The molecule has 0 radical (unpaired) electrons. The third-order valence-corrected chi connectivity index (χ3v) is 3.82. The Bertz CT molecular complexity index is 631. The summed E-state index contributed by atoms with van der Waals surface area (Å²) in [6.07, 6.45) is 0. The summed E-state index contributed by atoms with van der Waals surface area (Å²) in [5.74, 6) is -0.298. The van der Waals surface area contributed by atoms with E-state index in [0.29, 0.717) is 16.9 Å². The maximum atomic E-state index is 13.4. The lowest BCUT2D eigenvalue weighted by Crippen LogP contribution is -2.14. The fourth-order valence-corrected chi connectivity index (χ4v) is 2.39. The third-order valence-electron chi connectivity index (χ3n) is 2.73. The Balaban J connectivity index is 1.93. The van der Waals surface area contributed by atoms with Gasteiger partial charge in [0.2, 0.25) is 5.91 Å². The van der Waals surface area contributed by atoms with Crippen molar-refractivity contribution in [3.8, 4) is 0 Å². The smallest absolute Gasteiger partial charge is 0.234 e. The number of rotatable bonds is 4. The maximum Gasteiger partial charge on any atom is 0.234 e. The minimum Gasteiger partial charge on any atom is -0.398 e. The molecular formula is C15H15FN2OS. The summed E-state index contributed by atoms with van der Waals surface area (Å²) in [4.78, 5) is 12.7. The quantitative estimate of drug-likeness (QED) is 0.670. The van der Waals surface area contributed by atoms with Gasteiger partial charge in [0, 0.05) is 16.3 Å². The van der Waals surface area contributed by atoms with Gasteiger partial charge < -0.3 is 11.1 Å². The fraction of sp³-hybridized carbons (Fsp3) is 0.133. The van der Waals surface area contributed by atoms with Crippen LogP contribution in [0.15, 0.2) is 47.4 Å². The van der Waals surface area contributed by atoms with Gasteiger partial charge in [-0.1, -0.05) is 18.2 Å². The van der Waals surface area contributed by atoms with Gasteiger partial charge in [0.15, 0.2) is 0 Å². The van der Waals surface area contributed by atoms with Crippen molar-refractivity contribution < 1.29 is 9.18 Å². The minimum absolute atomic E-state index is 0.193. The molecule has 0 unspecified atom stereocenters. The first kappa shape index (κ1) is 14.4. The molecule has 1 amide bonds. The number of nitrogen functional groups attached to an aromatic ring is 1. The van der Waals surface area contributed by atoms with Crippen LogP contribution in [-0.4, -0.2) is 11.7 Å². The maximum absolute atomic E-state index is 13.4. The molecule has 3 nitrogen and oxygen atoms in total. The van der Waals surface area contributed by atoms with Crippen molar-refractivity contribution in [3.05, 3.63) is 53.8 Å². The molecule has 0 aliphatic rings. The van der Waals surface area contributed by atoms with Crippen molar-refractivity contribution in [1.29, 1.82) is 0 Å². The van der Waals surface area contributed by atoms with Gasteiger partial charge in [0.05, 0.1) is 5.75 Å². The van der Waals surface area contributed by atoms with Crippen LogP contribution >= 0.6 is 11.8 Å². The van der Waals surface area contributed by atoms with Crippen molar-refractivity contribution in [1.82, 2.24) is 0 Å². The van der Waals surface area contributed by atoms with Crippen molar-refractivity contribution in [2.75, 3.05) is 16.8 Å². The van der Waals surface area contributed by atoms with E-state index in [1.807, 2.05) is 18.2 Å². The molecule has 5 heteroatoms. The van der Waals surface area contributed by atoms with E-state index in [1.165, 1.54) is 17.8 Å². The zero-order valence-corrected chi connectivity index (χ0v) is 11.8. The lowest BCUT2D eigenvalue weighted by atomic mass is 10.2. The third kappa shape index (κ3) is 3.74. The van der Waals surface area contributed by atoms with Crippen LogP contribution in [0, 0.1) is 12.7 Å². The number of carbonyl (C=O) groups excluding carboxylic acids is 1. The standard InChI is InChI=1S/C15H15FN2OS/c1-10-6-7-11(8-12(10)16)18-15(19)9-20-14-5-3-2-4-13(14)17/h2-8H,9,17H2,1H3,(H,18,19). The molecule has 104 valence electrons. The molecule has 2 aromatic carbocycles. The predicted octanol–water partition coefficient (Wildman–Crippen LogP) is 3.45. The molecule has 0 saturated heterocycles. The summed E-state index contributed by atoms with van der Waals surface area (Å²) in [5.41, 5.74) is 7.45. The lowest BCUT2D eigenvalue weighted by molar-refractivity contribution is -0.113. The average Bonchev–Trinajstić information content (AvgIpc) is 2.42. The summed E-state index contributed by atoms with van der Waals surface area (Å²) < 4.78 is 13.4. The highest BCUT2D eigenvalue weighted by atomic mass is 32.2. The molecule has 0 spiro atoms. The number of hydrogen-bond donors (Lipinski definition) is 2. The van der Waals surface area contributed by atoms with Gasteiger partial charge in [0.1, 0.15) is 5.82 Å². The second kappa shape index (κ2) is 6.43. The summed E-state index contributed by atoms with van der Waals surface area (Å²) in [5, 5.41) is 2.66. The van der Waals surface area contributed by atoms with Crippen molar-refractivity contribution >= 4 is 29.0 Å². The Morgan fingerprint density at radius 3 is 2.75 bits per heavy atom. The summed E-state index contributed by atoms with van der Waals surface area (Å²) in [6.45, 7) is 1.68. The highest BCUT2D eigenvalue weighted by molar-refractivity contribution is 8.00. The fourth-order valence-electron chi connectivity index (χ4n) is 1.62. The summed E-state index contributed by atoms with van der Waals surface area (Å²) in [7, 11) is 0. The first-order chi connectivity index (χ1) is 9.56. The monoisotopic (exact) mass is 290 g/mol. The Kier molecular flexibility index (Phi) is 4.63. The average molecular weight is 290 g/mol. The molecule has 0 fully saturated rings. The van der Waals surface area contributed by atoms with Gasteiger partial charge in [-0.3, -0.25) is 4.79 Å². The first-order valence-corrected chi connectivity index (χ1v) is 7.08. The number of aryl methyl sites for hydroxylation is 1. The zero-order valence-electron chi connectivity index (χ0n) is 11.0. The highest BCUT2D eigenvalue weighted by Gasteiger charge is 2.06.